The second kappa shape index (κ2) is 6.65. The van der Waals surface area contributed by atoms with Gasteiger partial charge in [0.1, 0.15) is 0 Å². The van der Waals surface area contributed by atoms with E-state index in [1.54, 1.807) is 12.1 Å². The summed E-state index contributed by atoms with van der Waals surface area (Å²) in [5.74, 6) is -0.139. The zero-order chi connectivity index (χ0) is 14.5. The van der Waals surface area contributed by atoms with E-state index in [0.717, 1.165) is 9.87 Å². The smallest absolute Gasteiger partial charge is 0.242 e. The molecule has 6 nitrogen and oxygen atoms in total. The molecule has 0 heterocycles. The number of likely N-dealkylation sites (N-methyl/N-ethyl adjacent to an activating group) is 1. The number of rotatable bonds is 6. The fourth-order valence-electron chi connectivity index (χ4n) is 1.45. The topological polar surface area (TPSA) is 86.7 Å². The van der Waals surface area contributed by atoms with Crippen LogP contribution in [0.2, 0.25) is 0 Å². The van der Waals surface area contributed by atoms with Gasteiger partial charge in [0.05, 0.1) is 11.5 Å². The van der Waals surface area contributed by atoms with Crippen LogP contribution in [0.3, 0.4) is 0 Å². The summed E-state index contributed by atoms with van der Waals surface area (Å²) in [7, 11) is -2.15. The predicted molar refractivity (Wildman–Crippen MR) is 70.9 cm³/mol. The number of nitrogens with zero attached hydrogens (tertiary/aromatic N) is 1. The summed E-state index contributed by atoms with van der Waals surface area (Å²) in [6.45, 7) is 1.61. The van der Waals surface area contributed by atoms with Crippen molar-refractivity contribution >= 4 is 15.9 Å². The number of carbonyl (C=O) groups is 1. The van der Waals surface area contributed by atoms with Gasteiger partial charge in [-0.05, 0) is 17.7 Å². The fraction of sp³-hybridized carbons (Fsp3) is 0.417. The molecule has 2 N–H and O–H groups in total. The van der Waals surface area contributed by atoms with Crippen molar-refractivity contribution in [3.05, 3.63) is 29.8 Å². The summed E-state index contributed by atoms with van der Waals surface area (Å²) < 4.78 is 25.2. The van der Waals surface area contributed by atoms with Crippen molar-refractivity contribution in [1.82, 2.24) is 9.62 Å². The first-order valence-electron chi connectivity index (χ1n) is 5.78. The number of nitrogens with one attached hydrogen (secondary N) is 1. The molecule has 0 saturated heterocycles. The average Bonchev–Trinajstić information content (AvgIpc) is 2.37. The Morgan fingerprint density at radius 2 is 1.89 bits per heavy atom. The van der Waals surface area contributed by atoms with Crippen molar-refractivity contribution in [2.45, 2.75) is 18.4 Å². The third-order valence-corrected chi connectivity index (χ3v) is 4.46. The Morgan fingerprint density at radius 1 is 1.32 bits per heavy atom. The molecule has 19 heavy (non-hydrogen) atoms. The van der Waals surface area contributed by atoms with Crippen LogP contribution in [0.1, 0.15) is 12.5 Å². The Balaban J connectivity index is 2.83. The second-order valence-corrected chi connectivity index (χ2v) is 6.15. The molecule has 7 heteroatoms. The van der Waals surface area contributed by atoms with E-state index in [4.69, 9.17) is 5.11 Å². The lowest BCUT2D eigenvalue weighted by molar-refractivity contribution is -0.119. The lowest BCUT2D eigenvalue weighted by Gasteiger charge is -2.16. The highest BCUT2D eigenvalue weighted by molar-refractivity contribution is 7.89. The molecular weight excluding hydrogens is 268 g/mol. The number of sulfonamides is 1. The quantitative estimate of drug-likeness (QED) is 0.767. The summed E-state index contributed by atoms with van der Waals surface area (Å²) in [4.78, 5) is 10.9. The van der Waals surface area contributed by atoms with Crippen LogP contribution in [0.15, 0.2) is 29.2 Å². The van der Waals surface area contributed by atoms with Gasteiger partial charge >= 0.3 is 0 Å². The number of amides is 1. The van der Waals surface area contributed by atoms with Crippen LogP contribution >= 0.6 is 0 Å². The van der Waals surface area contributed by atoms with Gasteiger partial charge in [-0.25, -0.2) is 8.42 Å². The van der Waals surface area contributed by atoms with Crippen molar-refractivity contribution < 1.29 is 18.3 Å². The standard InChI is InChI=1S/C12H18N2O4S/c1-10(16)13-9-11-3-5-12(6-4-11)19(17,18)14(2)7-8-15/h3-6,15H,7-9H2,1-2H3,(H,13,16). The Bertz CT molecular complexity index is 525. The van der Waals surface area contributed by atoms with Gasteiger partial charge in [-0.15, -0.1) is 0 Å². The van der Waals surface area contributed by atoms with E-state index in [2.05, 4.69) is 5.32 Å². The molecule has 0 aromatic heterocycles. The first-order chi connectivity index (χ1) is 8.87. The predicted octanol–water partition coefficient (Wildman–Crippen LogP) is -0.0645. The summed E-state index contributed by atoms with van der Waals surface area (Å²) in [5.41, 5.74) is 0.818. The van der Waals surface area contributed by atoms with E-state index in [9.17, 15) is 13.2 Å². The summed E-state index contributed by atoms with van der Waals surface area (Å²) >= 11 is 0. The highest BCUT2D eigenvalue weighted by atomic mass is 32.2. The number of aliphatic hydroxyl groups excluding tert-OH is 1. The Kier molecular flexibility index (Phi) is 5.46. The van der Waals surface area contributed by atoms with E-state index < -0.39 is 10.0 Å². The fourth-order valence-corrected chi connectivity index (χ4v) is 2.61. The van der Waals surface area contributed by atoms with Crippen LogP contribution in [0.5, 0.6) is 0 Å². The van der Waals surface area contributed by atoms with Crippen LogP contribution in [-0.4, -0.2) is 43.9 Å². The van der Waals surface area contributed by atoms with Gasteiger partial charge in [0.2, 0.25) is 15.9 Å². The van der Waals surface area contributed by atoms with Crippen LogP contribution in [-0.2, 0) is 21.4 Å². The number of hydrogen-bond acceptors (Lipinski definition) is 4. The van der Waals surface area contributed by atoms with E-state index in [1.807, 2.05) is 0 Å². The molecule has 0 bridgehead atoms. The zero-order valence-electron chi connectivity index (χ0n) is 11.0. The molecule has 0 radical (unpaired) electrons. The van der Waals surface area contributed by atoms with Crippen molar-refractivity contribution in [2.75, 3.05) is 20.2 Å². The molecule has 0 fully saturated rings. The molecule has 106 valence electrons. The highest BCUT2D eigenvalue weighted by Gasteiger charge is 2.19. The van der Waals surface area contributed by atoms with Gasteiger partial charge in [-0.1, -0.05) is 12.1 Å². The molecule has 1 aromatic carbocycles. The van der Waals surface area contributed by atoms with Gasteiger partial charge in [0.15, 0.2) is 0 Å². The molecule has 0 aliphatic heterocycles. The normalized spacial score (nSPS) is 11.6. The largest absolute Gasteiger partial charge is 0.395 e. The Hall–Kier alpha value is -1.44. The minimum Gasteiger partial charge on any atom is -0.395 e. The molecule has 1 amide bonds. The number of aliphatic hydroxyl groups is 1. The Morgan fingerprint density at radius 3 is 2.37 bits per heavy atom. The minimum absolute atomic E-state index is 0.0516. The SMILES string of the molecule is CC(=O)NCc1ccc(S(=O)(=O)N(C)CCO)cc1. The highest BCUT2D eigenvalue weighted by Crippen LogP contribution is 2.14. The van der Waals surface area contributed by atoms with E-state index in [1.165, 1.54) is 26.1 Å². The summed E-state index contributed by atoms with van der Waals surface area (Å²) in [5, 5.41) is 11.4. The van der Waals surface area contributed by atoms with Gasteiger partial charge in [-0.3, -0.25) is 4.79 Å². The van der Waals surface area contributed by atoms with Crippen molar-refractivity contribution in [3.63, 3.8) is 0 Å². The van der Waals surface area contributed by atoms with Gasteiger partial charge in [0, 0.05) is 27.1 Å². The molecule has 0 aliphatic carbocycles. The number of benzene rings is 1. The molecule has 0 spiro atoms. The maximum atomic E-state index is 12.0. The number of carbonyl (C=O) groups excluding carboxylic acids is 1. The first kappa shape index (κ1) is 15.6. The molecule has 0 atom stereocenters. The second-order valence-electron chi connectivity index (χ2n) is 4.10. The molecular formula is C12H18N2O4S. The van der Waals surface area contributed by atoms with E-state index >= 15 is 0 Å². The monoisotopic (exact) mass is 286 g/mol. The lowest BCUT2D eigenvalue weighted by atomic mass is 10.2. The molecule has 0 saturated carbocycles. The lowest BCUT2D eigenvalue weighted by Crippen LogP contribution is -2.29. The van der Waals surface area contributed by atoms with Crippen LogP contribution < -0.4 is 5.32 Å². The third kappa shape index (κ3) is 4.30. The number of hydrogen-bond donors (Lipinski definition) is 2. The van der Waals surface area contributed by atoms with Gasteiger partial charge in [0.25, 0.3) is 0 Å². The first-order valence-corrected chi connectivity index (χ1v) is 7.22. The summed E-state index contributed by atoms with van der Waals surface area (Å²) in [6, 6.07) is 6.27. The van der Waals surface area contributed by atoms with Crippen LogP contribution in [0.25, 0.3) is 0 Å². The Labute approximate surface area is 113 Å². The van der Waals surface area contributed by atoms with E-state index in [0.29, 0.717) is 6.54 Å². The van der Waals surface area contributed by atoms with E-state index in [-0.39, 0.29) is 24.0 Å². The molecule has 0 unspecified atom stereocenters. The van der Waals surface area contributed by atoms with Crippen LogP contribution in [0.4, 0.5) is 0 Å². The maximum absolute atomic E-state index is 12.0. The third-order valence-electron chi connectivity index (χ3n) is 2.59. The average molecular weight is 286 g/mol. The van der Waals surface area contributed by atoms with Crippen molar-refractivity contribution in [3.8, 4) is 0 Å². The van der Waals surface area contributed by atoms with Crippen molar-refractivity contribution in [2.24, 2.45) is 0 Å². The van der Waals surface area contributed by atoms with Crippen molar-refractivity contribution in [1.29, 1.82) is 0 Å². The summed E-state index contributed by atoms with van der Waals surface area (Å²) in [6.07, 6.45) is 0. The molecule has 0 aliphatic rings. The van der Waals surface area contributed by atoms with Crippen LogP contribution in [0, 0.1) is 0 Å². The van der Waals surface area contributed by atoms with Gasteiger partial charge in [-0.2, -0.15) is 4.31 Å². The molecule has 1 aromatic rings. The minimum atomic E-state index is -3.56. The van der Waals surface area contributed by atoms with Gasteiger partial charge < -0.3 is 10.4 Å². The molecule has 1 rings (SSSR count). The maximum Gasteiger partial charge on any atom is 0.242 e. The zero-order valence-corrected chi connectivity index (χ0v) is 11.8.